The van der Waals surface area contributed by atoms with E-state index in [1.807, 2.05) is 11.6 Å². The summed E-state index contributed by atoms with van der Waals surface area (Å²) in [5, 5.41) is 14.8. The highest BCUT2D eigenvalue weighted by atomic mass is 16.2. The molecule has 2 aromatic rings. The van der Waals surface area contributed by atoms with Crippen LogP contribution in [0.25, 0.3) is 11.0 Å². The minimum Gasteiger partial charge on any atom is -0.381 e. The first kappa shape index (κ1) is 21.6. The van der Waals surface area contributed by atoms with Gasteiger partial charge in [-0.05, 0) is 51.9 Å². The van der Waals surface area contributed by atoms with E-state index in [1.165, 1.54) is 32.1 Å². The number of fused-ring (bicyclic) bond motifs is 1. The number of aryl methyl sites for hydroxylation is 1. The van der Waals surface area contributed by atoms with Gasteiger partial charge >= 0.3 is 0 Å². The summed E-state index contributed by atoms with van der Waals surface area (Å²) < 4.78 is 1.84. The molecule has 2 unspecified atom stereocenters. The standard InChI is InChI=1S/C23H34N6O2/c1-3-29-21-17(14-26-29)20(27-15(2)16-9-5-4-6-10-16)18(13-25-21)22(30)28-19-11-7-8-12-24-23(19)31/h13-16,19H,3-12H2,1-2H3,(H,24,31)(H,25,27)(H,28,30). The fourth-order valence-corrected chi connectivity index (χ4v) is 4.88. The first-order valence-electron chi connectivity index (χ1n) is 11.8. The number of aromatic nitrogens is 3. The van der Waals surface area contributed by atoms with Crippen molar-refractivity contribution in [1.82, 2.24) is 25.4 Å². The van der Waals surface area contributed by atoms with E-state index in [-0.39, 0.29) is 17.9 Å². The number of pyridine rings is 1. The average Bonchev–Trinajstić information content (AvgIpc) is 3.11. The Hall–Kier alpha value is -2.64. The largest absolute Gasteiger partial charge is 0.381 e. The van der Waals surface area contributed by atoms with E-state index >= 15 is 0 Å². The SMILES string of the molecule is CCn1ncc2c(NC(C)C3CCCCC3)c(C(=O)NC3CCCCNC3=O)cnc21. The van der Waals surface area contributed by atoms with Crippen LogP contribution >= 0.6 is 0 Å². The molecule has 8 heteroatoms. The quantitative estimate of drug-likeness (QED) is 0.658. The van der Waals surface area contributed by atoms with E-state index < -0.39 is 6.04 Å². The topological polar surface area (TPSA) is 101 Å². The van der Waals surface area contributed by atoms with Crippen molar-refractivity contribution in [1.29, 1.82) is 0 Å². The van der Waals surface area contributed by atoms with Crippen LogP contribution in [0.4, 0.5) is 5.69 Å². The normalized spacial score (nSPS) is 21.4. The van der Waals surface area contributed by atoms with E-state index in [1.54, 1.807) is 12.4 Å². The summed E-state index contributed by atoms with van der Waals surface area (Å²) in [7, 11) is 0. The van der Waals surface area contributed by atoms with E-state index in [4.69, 9.17) is 0 Å². The average molecular weight is 427 g/mol. The zero-order chi connectivity index (χ0) is 21.8. The molecule has 8 nitrogen and oxygen atoms in total. The highest BCUT2D eigenvalue weighted by Gasteiger charge is 2.27. The second kappa shape index (κ2) is 9.66. The summed E-state index contributed by atoms with van der Waals surface area (Å²) in [6.07, 6.45) is 12.2. The van der Waals surface area contributed by atoms with Crippen molar-refractivity contribution in [2.24, 2.45) is 5.92 Å². The fourth-order valence-electron chi connectivity index (χ4n) is 4.88. The van der Waals surface area contributed by atoms with Gasteiger partial charge in [0, 0.05) is 25.3 Å². The maximum Gasteiger partial charge on any atom is 0.255 e. The third-order valence-corrected chi connectivity index (χ3v) is 6.78. The number of amides is 2. The molecule has 2 aromatic heterocycles. The van der Waals surface area contributed by atoms with Crippen molar-refractivity contribution in [2.75, 3.05) is 11.9 Å². The maximum atomic E-state index is 13.3. The number of hydrogen-bond donors (Lipinski definition) is 3. The van der Waals surface area contributed by atoms with Crippen molar-refractivity contribution >= 4 is 28.5 Å². The van der Waals surface area contributed by atoms with Crippen LogP contribution in [0.1, 0.15) is 75.6 Å². The molecular weight excluding hydrogens is 392 g/mol. The molecule has 3 heterocycles. The van der Waals surface area contributed by atoms with Gasteiger partial charge in [-0.3, -0.25) is 9.59 Å². The molecule has 3 N–H and O–H groups in total. The van der Waals surface area contributed by atoms with Gasteiger partial charge in [-0.15, -0.1) is 0 Å². The Balaban J connectivity index is 1.64. The molecule has 4 rings (SSSR count). The van der Waals surface area contributed by atoms with Crippen LogP contribution in [0.2, 0.25) is 0 Å². The first-order chi connectivity index (χ1) is 15.1. The van der Waals surface area contributed by atoms with Crippen molar-refractivity contribution in [3.05, 3.63) is 18.0 Å². The van der Waals surface area contributed by atoms with E-state index in [2.05, 4.69) is 33.0 Å². The molecule has 2 aliphatic rings. The van der Waals surface area contributed by atoms with Gasteiger partial charge < -0.3 is 16.0 Å². The molecular formula is C23H34N6O2. The Morgan fingerprint density at radius 2 is 1.97 bits per heavy atom. The Morgan fingerprint density at radius 3 is 2.74 bits per heavy atom. The Labute approximate surface area is 183 Å². The maximum absolute atomic E-state index is 13.3. The van der Waals surface area contributed by atoms with Gasteiger partial charge in [-0.1, -0.05) is 19.3 Å². The van der Waals surface area contributed by atoms with Crippen LogP contribution in [-0.4, -0.2) is 45.2 Å². The van der Waals surface area contributed by atoms with Crippen LogP contribution in [0, 0.1) is 5.92 Å². The minimum absolute atomic E-state index is 0.108. The lowest BCUT2D eigenvalue weighted by molar-refractivity contribution is -0.122. The molecule has 1 saturated heterocycles. The molecule has 2 fully saturated rings. The lowest BCUT2D eigenvalue weighted by atomic mass is 9.84. The van der Waals surface area contributed by atoms with Crippen LogP contribution in [0.5, 0.6) is 0 Å². The van der Waals surface area contributed by atoms with Gasteiger partial charge in [0.25, 0.3) is 5.91 Å². The van der Waals surface area contributed by atoms with Crippen molar-refractivity contribution < 1.29 is 9.59 Å². The fraction of sp³-hybridized carbons (Fsp3) is 0.652. The third kappa shape index (κ3) is 4.67. The van der Waals surface area contributed by atoms with Crippen molar-refractivity contribution in [2.45, 2.75) is 83.8 Å². The number of rotatable bonds is 6. The predicted molar refractivity (Wildman–Crippen MR) is 121 cm³/mol. The van der Waals surface area contributed by atoms with Crippen LogP contribution in [0.15, 0.2) is 12.4 Å². The number of anilines is 1. The summed E-state index contributed by atoms with van der Waals surface area (Å²) in [5.74, 6) is 0.213. The van der Waals surface area contributed by atoms with Crippen molar-refractivity contribution in [3.8, 4) is 0 Å². The molecule has 2 amide bonds. The zero-order valence-corrected chi connectivity index (χ0v) is 18.6. The van der Waals surface area contributed by atoms with E-state index in [0.29, 0.717) is 31.0 Å². The Kier molecular flexibility index (Phi) is 6.73. The van der Waals surface area contributed by atoms with Gasteiger partial charge in [0.2, 0.25) is 5.91 Å². The number of carbonyl (C=O) groups excluding carboxylic acids is 2. The monoisotopic (exact) mass is 426 g/mol. The molecule has 0 bridgehead atoms. The van der Waals surface area contributed by atoms with Crippen LogP contribution < -0.4 is 16.0 Å². The van der Waals surface area contributed by atoms with Crippen LogP contribution in [-0.2, 0) is 11.3 Å². The highest BCUT2D eigenvalue weighted by Crippen LogP contribution is 2.32. The van der Waals surface area contributed by atoms with Gasteiger partial charge in [-0.25, -0.2) is 9.67 Å². The summed E-state index contributed by atoms with van der Waals surface area (Å²) >= 11 is 0. The second-order valence-corrected chi connectivity index (χ2v) is 8.89. The number of nitrogens with zero attached hydrogens (tertiary/aromatic N) is 3. The molecule has 1 aliphatic carbocycles. The summed E-state index contributed by atoms with van der Waals surface area (Å²) in [5.41, 5.74) is 2.02. The molecule has 0 aromatic carbocycles. The third-order valence-electron chi connectivity index (χ3n) is 6.78. The van der Waals surface area contributed by atoms with Gasteiger partial charge in [-0.2, -0.15) is 5.10 Å². The number of carbonyl (C=O) groups is 2. The molecule has 2 atom stereocenters. The summed E-state index contributed by atoms with van der Waals surface area (Å²) in [6, 6.07) is -0.267. The Bertz CT molecular complexity index is 934. The molecule has 1 saturated carbocycles. The smallest absolute Gasteiger partial charge is 0.255 e. The van der Waals surface area contributed by atoms with Crippen molar-refractivity contribution in [3.63, 3.8) is 0 Å². The van der Waals surface area contributed by atoms with Gasteiger partial charge in [0.05, 0.1) is 22.8 Å². The summed E-state index contributed by atoms with van der Waals surface area (Å²) in [6.45, 7) is 5.60. The lowest BCUT2D eigenvalue weighted by Gasteiger charge is -2.30. The second-order valence-electron chi connectivity index (χ2n) is 8.89. The predicted octanol–water partition coefficient (Wildman–Crippen LogP) is 3.23. The lowest BCUT2D eigenvalue weighted by Crippen LogP contribution is -2.45. The minimum atomic E-state index is -0.507. The molecule has 0 spiro atoms. The number of nitrogens with one attached hydrogen (secondary N) is 3. The molecule has 0 radical (unpaired) electrons. The highest BCUT2D eigenvalue weighted by molar-refractivity contribution is 6.07. The van der Waals surface area contributed by atoms with Crippen LogP contribution in [0.3, 0.4) is 0 Å². The first-order valence-corrected chi connectivity index (χ1v) is 11.8. The number of hydrogen-bond acceptors (Lipinski definition) is 5. The zero-order valence-electron chi connectivity index (χ0n) is 18.6. The van der Waals surface area contributed by atoms with E-state index in [9.17, 15) is 9.59 Å². The molecule has 31 heavy (non-hydrogen) atoms. The van der Waals surface area contributed by atoms with Gasteiger partial charge in [0.15, 0.2) is 5.65 Å². The molecule has 1 aliphatic heterocycles. The van der Waals surface area contributed by atoms with Gasteiger partial charge in [0.1, 0.15) is 6.04 Å². The molecule has 168 valence electrons. The summed E-state index contributed by atoms with van der Waals surface area (Å²) in [4.78, 5) is 30.1. The Morgan fingerprint density at radius 1 is 1.19 bits per heavy atom. The van der Waals surface area contributed by atoms with E-state index in [0.717, 1.165) is 29.6 Å².